The van der Waals surface area contributed by atoms with Gasteiger partial charge in [-0.15, -0.1) is 0 Å². The Morgan fingerprint density at radius 2 is 1.59 bits per heavy atom. The predicted octanol–water partition coefficient (Wildman–Crippen LogP) is 1.43. The number of hydrogen-bond acceptors (Lipinski definition) is 5. The molecule has 0 aliphatic carbocycles. The summed E-state index contributed by atoms with van der Waals surface area (Å²) in [5, 5.41) is 0. The van der Waals surface area contributed by atoms with E-state index in [1.54, 1.807) is 0 Å². The van der Waals surface area contributed by atoms with Crippen LogP contribution in [-0.2, 0) is 20.2 Å². The van der Waals surface area contributed by atoms with Crippen molar-refractivity contribution in [3.63, 3.8) is 0 Å². The summed E-state index contributed by atoms with van der Waals surface area (Å²) >= 11 is 0. The third-order valence-electron chi connectivity index (χ3n) is 2.27. The van der Waals surface area contributed by atoms with Gasteiger partial charge in [0.25, 0.3) is 10.1 Å². The van der Waals surface area contributed by atoms with Crippen molar-refractivity contribution in [3.05, 3.63) is 24.4 Å². The molecule has 130 valence electrons. The van der Waals surface area contributed by atoms with E-state index in [9.17, 15) is 21.6 Å². The highest BCUT2D eigenvalue weighted by molar-refractivity contribution is 7.86. The minimum atomic E-state index is -5.84. The molecule has 2 N–H and O–H groups in total. The summed E-state index contributed by atoms with van der Waals surface area (Å²) < 4.78 is 86.8. The maximum absolute atomic E-state index is 10.7. The Kier molecular flexibility index (Phi) is 8.07. The molecule has 0 aromatic carbocycles. The number of rotatable bonds is 5. The van der Waals surface area contributed by atoms with E-state index in [4.69, 9.17) is 17.5 Å². The molecule has 22 heavy (non-hydrogen) atoms. The van der Waals surface area contributed by atoms with Crippen LogP contribution in [0.5, 0.6) is 0 Å². The van der Waals surface area contributed by atoms with E-state index in [1.165, 1.54) is 0 Å². The van der Waals surface area contributed by atoms with Gasteiger partial charge in [-0.1, -0.05) is 12.2 Å². The molecule has 1 aliphatic rings. The minimum absolute atomic E-state index is 0.138. The Hall–Kier alpha value is -1.11. The number of hydrogen-bond donors (Lipinski definition) is 2. The fraction of sp³-hybridized carbons (Fsp3) is 0.600. The lowest BCUT2D eigenvalue weighted by Crippen LogP contribution is -2.21. The molecule has 0 atom stereocenters. The molecule has 1 rings (SSSR count). The van der Waals surface area contributed by atoms with Crippen molar-refractivity contribution < 1.29 is 39.1 Å². The van der Waals surface area contributed by atoms with E-state index in [0.29, 0.717) is 6.42 Å². The van der Waals surface area contributed by atoms with Gasteiger partial charge in [0.2, 0.25) is 0 Å². The lowest BCUT2D eigenvalue weighted by molar-refractivity contribution is -0.0510. The molecule has 0 bridgehead atoms. The van der Waals surface area contributed by atoms with Gasteiger partial charge in [0.15, 0.2) is 0 Å². The topological polar surface area (TPSA) is 112 Å². The molecule has 0 aromatic rings. The van der Waals surface area contributed by atoms with Crippen molar-refractivity contribution >= 4 is 20.2 Å². The standard InChI is InChI=1S/C9H15NO3S.CHF3O3S/c11-14(12,13)9-5-4-8-10-6-2-1-3-7-10;2-1(3,4)8(5,6)7/h1-3,6H,4-5,7-9H2,(H,11,12,13);(H,5,6,7). The molecule has 12 heteroatoms. The fourth-order valence-corrected chi connectivity index (χ4v) is 1.84. The number of halogens is 3. The normalized spacial score (nSPS) is 15.4. The van der Waals surface area contributed by atoms with Crippen LogP contribution in [0.2, 0.25) is 0 Å². The van der Waals surface area contributed by atoms with Gasteiger partial charge in [-0.05, 0) is 25.1 Å². The third-order valence-corrected chi connectivity index (χ3v) is 3.66. The zero-order valence-corrected chi connectivity index (χ0v) is 12.9. The van der Waals surface area contributed by atoms with Crippen molar-refractivity contribution in [3.8, 4) is 0 Å². The van der Waals surface area contributed by atoms with Gasteiger partial charge in [-0.25, -0.2) is 0 Å². The van der Waals surface area contributed by atoms with Crippen LogP contribution < -0.4 is 0 Å². The summed E-state index contributed by atoms with van der Waals surface area (Å²) in [5.41, 5.74) is -5.53. The summed E-state index contributed by atoms with van der Waals surface area (Å²) in [5.74, 6) is -0.138. The van der Waals surface area contributed by atoms with Gasteiger partial charge in [0.05, 0.1) is 5.75 Å². The van der Waals surface area contributed by atoms with Gasteiger partial charge in [0, 0.05) is 13.1 Å². The van der Waals surface area contributed by atoms with Crippen molar-refractivity contribution in [1.82, 2.24) is 4.90 Å². The Morgan fingerprint density at radius 3 is 1.95 bits per heavy atom. The summed E-state index contributed by atoms with van der Waals surface area (Å²) in [6.07, 6.45) is 9.24. The number of unbranched alkanes of at least 4 members (excludes halogenated alkanes) is 1. The highest BCUT2D eigenvalue weighted by Crippen LogP contribution is 2.20. The average molecular weight is 367 g/mol. The summed E-state index contributed by atoms with van der Waals surface area (Å²) in [4.78, 5) is 2.10. The van der Waals surface area contributed by atoms with Gasteiger partial charge >= 0.3 is 15.6 Å². The molecular formula is C10H16F3NO6S2. The molecule has 0 unspecified atom stereocenters. The predicted molar refractivity (Wildman–Crippen MR) is 73.1 cm³/mol. The first-order valence-corrected chi connectivity index (χ1v) is 8.94. The van der Waals surface area contributed by atoms with Crippen molar-refractivity contribution in [1.29, 1.82) is 0 Å². The number of nitrogens with zero attached hydrogens (tertiary/aromatic N) is 1. The molecule has 7 nitrogen and oxygen atoms in total. The fourth-order valence-electron chi connectivity index (χ4n) is 1.27. The first-order valence-electron chi connectivity index (χ1n) is 5.89. The maximum atomic E-state index is 10.7. The van der Waals surface area contributed by atoms with Gasteiger partial charge in [0.1, 0.15) is 0 Å². The van der Waals surface area contributed by atoms with Crippen LogP contribution in [0.25, 0.3) is 0 Å². The second-order valence-electron chi connectivity index (χ2n) is 4.18. The monoisotopic (exact) mass is 367 g/mol. The molecule has 0 aromatic heterocycles. The van der Waals surface area contributed by atoms with Crippen LogP contribution in [0.15, 0.2) is 24.4 Å². The Morgan fingerprint density at radius 1 is 1.05 bits per heavy atom. The highest BCUT2D eigenvalue weighted by atomic mass is 32.2. The largest absolute Gasteiger partial charge is 0.522 e. The minimum Gasteiger partial charge on any atom is -0.374 e. The number of alkyl halides is 3. The Balaban J connectivity index is 0.000000472. The lowest BCUT2D eigenvalue weighted by atomic mass is 10.3. The zero-order valence-electron chi connectivity index (χ0n) is 11.3. The molecule has 0 radical (unpaired) electrons. The van der Waals surface area contributed by atoms with Crippen LogP contribution in [0.1, 0.15) is 12.8 Å². The highest BCUT2D eigenvalue weighted by Gasteiger charge is 2.44. The average Bonchev–Trinajstić information content (AvgIpc) is 2.33. The molecule has 0 saturated heterocycles. The van der Waals surface area contributed by atoms with Crippen LogP contribution in [0.3, 0.4) is 0 Å². The van der Waals surface area contributed by atoms with E-state index in [-0.39, 0.29) is 5.75 Å². The van der Waals surface area contributed by atoms with Crippen molar-refractivity contribution in [2.45, 2.75) is 18.3 Å². The van der Waals surface area contributed by atoms with E-state index < -0.39 is 25.7 Å². The SMILES string of the molecule is O=S(=O)(O)C(F)(F)F.O=S(=O)(O)CCCCN1C=CC=CC1. The summed E-state index contributed by atoms with van der Waals surface area (Å²) in [7, 11) is -9.62. The summed E-state index contributed by atoms with van der Waals surface area (Å²) in [6, 6.07) is 0. The second kappa shape index (κ2) is 8.50. The van der Waals surface area contributed by atoms with E-state index in [2.05, 4.69) is 4.90 Å². The molecule has 0 fully saturated rings. The van der Waals surface area contributed by atoms with E-state index in [0.717, 1.165) is 19.5 Å². The first kappa shape index (κ1) is 20.9. The Bertz CT molecular complexity index is 595. The molecule has 1 aliphatic heterocycles. The van der Waals surface area contributed by atoms with Crippen molar-refractivity contribution in [2.75, 3.05) is 18.8 Å². The molecule has 1 heterocycles. The quantitative estimate of drug-likeness (QED) is 0.429. The first-order chi connectivity index (χ1) is 9.83. The van der Waals surface area contributed by atoms with Gasteiger partial charge in [-0.3, -0.25) is 9.11 Å². The smallest absolute Gasteiger partial charge is 0.374 e. The molecule has 0 saturated carbocycles. The zero-order chi connectivity index (χ0) is 17.4. The summed E-state index contributed by atoms with van der Waals surface area (Å²) in [6.45, 7) is 1.71. The van der Waals surface area contributed by atoms with E-state index >= 15 is 0 Å². The van der Waals surface area contributed by atoms with Crippen LogP contribution in [0, 0.1) is 0 Å². The number of allylic oxidation sites excluding steroid dienone is 2. The second-order valence-corrected chi connectivity index (χ2v) is 7.16. The molecule has 0 amide bonds. The van der Waals surface area contributed by atoms with Crippen LogP contribution in [-0.4, -0.2) is 55.2 Å². The van der Waals surface area contributed by atoms with E-state index in [1.807, 2.05) is 24.4 Å². The maximum Gasteiger partial charge on any atom is 0.522 e. The van der Waals surface area contributed by atoms with Gasteiger partial charge in [-0.2, -0.15) is 30.0 Å². The van der Waals surface area contributed by atoms with Crippen LogP contribution in [0.4, 0.5) is 13.2 Å². The Labute approximate surface area is 126 Å². The molecule has 0 spiro atoms. The van der Waals surface area contributed by atoms with Gasteiger partial charge < -0.3 is 4.90 Å². The lowest BCUT2D eigenvalue weighted by Gasteiger charge is -2.19. The van der Waals surface area contributed by atoms with Crippen molar-refractivity contribution in [2.24, 2.45) is 0 Å². The van der Waals surface area contributed by atoms with Crippen LogP contribution >= 0.6 is 0 Å². The molecular weight excluding hydrogens is 351 g/mol. The third kappa shape index (κ3) is 10.6.